The van der Waals surface area contributed by atoms with E-state index in [-0.39, 0.29) is 4.90 Å². The first-order valence-electron chi connectivity index (χ1n) is 3.66. The summed E-state index contributed by atoms with van der Waals surface area (Å²) in [6.07, 6.45) is -5.31. The van der Waals surface area contributed by atoms with E-state index < -0.39 is 36.9 Å². The van der Waals surface area contributed by atoms with E-state index in [1.165, 1.54) is 0 Å². The summed E-state index contributed by atoms with van der Waals surface area (Å²) < 4.78 is 60.7. The van der Waals surface area contributed by atoms with Crippen molar-refractivity contribution in [3.63, 3.8) is 0 Å². The molecule has 0 bridgehead atoms. The van der Waals surface area contributed by atoms with Gasteiger partial charge >= 0.3 is 18.0 Å². The highest BCUT2D eigenvalue weighted by Gasteiger charge is 2.62. The number of hydrogen-bond donors (Lipinski definition) is 2. The number of aliphatic hydroxyl groups is 2. The molecule has 0 spiro atoms. The van der Waals surface area contributed by atoms with Crippen LogP contribution in [0.15, 0.2) is 0 Å². The third-order valence-corrected chi connectivity index (χ3v) is 1.92. The molecule has 9 heteroatoms. The van der Waals surface area contributed by atoms with Crippen molar-refractivity contribution < 1.29 is 37.0 Å². The zero-order chi connectivity index (χ0) is 12.1. The van der Waals surface area contributed by atoms with Gasteiger partial charge in [0.05, 0.1) is 13.1 Å². The molecule has 4 nitrogen and oxygen atoms in total. The molecule has 1 saturated heterocycles. The Labute approximate surface area is 79.9 Å². The Morgan fingerprint density at radius 1 is 1.20 bits per heavy atom. The number of hydrogen-bond acceptors (Lipinski definition) is 3. The van der Waals surface area contributed by atoms with E-state index in [2.05, 4.69) is 0 Å². The van der Waals surface area contributed by atoms with Gasteiger partial charge in [0.25, 0.3) is 0 Å². The van der Waals surface area contributed by atoms with Crippen molar-refractivity contribution >= 4 is 5.91 Å². The van der Waals surface area contributed by atoms with Crippen LogP contribution in [0.2, 0.25) is 0 Å². The number of amides is 1. The van der Waals surface area contributed by atoms with Gasteiger partial charge in [0.1, 0.15) is 0 Å². The topological polar surface area (TPSA) is 60.8 Å². The summed E-state index contributed by atoms with van der Waals surface area (Å²) in [5.41, 5.74) is 0. The fourth-order valence-electron chi connectivity index (χ4n) is 1.13. The van der Waals surface area contributed by atoms with Gasteiger partial charge in [-0.1, -0.05) is 0 Å². The van der Waals surface area contributed by atoms with Crippen molar-refractivity contribution in [3.05, 3.63) is 0 Å². The van der Waals surface area contributed by atoms with Crippen molar-refractivity contribution in [2.45, 2.75) is 17.9 Å². The Bertz CT molecular complexity index is 271. The van der Waals surface area contributed by atoms with Crippen LogP contribution in [0.4, 0.5) is 22.0 Å². The molecule has 0 aromatic carbocycles. The Balaban J connectivity index is 2.85. The van der Waals surface area contributed by atoms with Gasteiger partial charge in [-0.25, -0.2) is 0 Å². The van der Waals surface area contributed by atoms with Crippen LogP contribution in [0.25, 0.3) is 0 Å². The predicted molar refractivity (Wildman–Crippen MR) is 34.8 cm³/mol. The SMILES string of the molecule is O=C(N1CC(O)(O)C(F)(F)C1)C(F)(F)F. The lowest BCUT2D eigenvalue weighted by Crippen LogP contribution is -2.46. The summed E-state index contributed by atoms with van der Waals surface area (Å²) in [5.74, 6) is -10.3. The summed E-state index contributed by atoms with van der Waals surface area (Å²) in [6, 6.07) is 0. The van der Waals surface area contributed by atoms with E-state index in [0.29, 0.717) is 0 Å². The fraction of sp³-hybridized carbons (Fsp3) is 0.833. The molecule has 15 heavy (non-hydrogen) atoms. The van der Waals surface area contributed by atoms with E-state index in [0.717, 1.165) is 0 Å². The van der Waals surface area contributed by atoms with Gasteiger partial charge in [-0.3, -0.25) is 4.79 Å². The fourth-order valence-corrected chi connectivity index (χ4v) is 1.13. The van der Waals surface area contributed by atoms with Crippen LogP contribution in [-0.4, -0.2) is 52.0 Å². The van der Waals surface area contributed by atoms with Crippen LogP contribution in [0.5, 0.6) is 0 Å². The molecule has 0 aliphatic carbocycles. The van der Waals surface area contributed by atoms with Crippen molar-refractivity contribution in [3.8, 4) is 0 Å². The highest BCUT2D eigenvalue weighted by Crippen LogP contribution is 2.36. The first kappa shape index (κ1) is 12.1. The normalized spacial score (nSPS) is 24.3. The van der Waals surface area contributed by atoms with Gasteiger partial charge in [0.2, 0.25) is 5.79 Å². The third-order valence-electron chi connectivity index (χ3n) is 1.92. The minimum absolute atomic E-state index is 0.347. The summed E-state index contributed by atoms with van der Waals surface area (Å²) in [4.78, 5) is 10.1. The largest absolute Gasteiger partial charge is 0.471 e. The molecule has 0 aromatic rings. The molecule has 0 unspecified atom stereocenters. The maximum Gasteiger partial charge on any atom is 0.471 e. The maximum atomic E-state index is 12.7. The van der Waals surface area contributed by atoms with Gasteiger partial charge in [-0.2, -0.15) is 22.0 Å². The van der Waals surface area contributed by atoms with E-state index in [1.807, 2.05) is 0 Å². The van der Waals surface area contributed by atoms with Crippen LogP contribution < -0.4 is 0 Å². The number of nitrogens with zero attached hydrogens (tertiary/aromatic N) is 1. The molecule has 1 fully saturated rings. The molecule has 1 aliphatic rings. The van der Waals surface area contributed by atoms with Crippen LogP contribution in [0.1, 0.15) is 0 Å². The molecular formula is C6H6F5NO3. The monoisotopic (exact) mass is 235 g/mol. The molecule has 0 saturated carbocycles. The molecule has 1 rings (SSSR count). The number of alkyl halides is 5. The van der Waals surface area contributed by atoms with Crippen molar-refractivity contribution in [1.82, 2.24) is 4.90 Å². The highest BCUT2D eigenvalue weighted by atomic mass is 19.4. The molecule has 0 aromatic heterocycles. The second-order valence-corrected chi connectivity index (χ2v) is 3.18. The zero-order valence-corrected chi connectivity index (χ0v) is 7.05. The van der Waals surface area contributed by atoms with Crippen molar-refractivity contribution in [2.24, 2.45) is 0 Å². The van der Waals surface area contributed by atoms with E-state index in [1.54, 1.807) is 0 Å². The number of carbonyl (C=O) groups is 1. The quantitative estimate of drug-likeness (QED) is 0.448. The number of β-amino-alcohol motifs (C(OH)–C–C–N with tert-alkyl or cyclic N) is 2. The second-order valence-electron chi connectivity index (χ2n) is 3.18. The Hall–Kier alpha value is -0.960. The summed E-state index contributed by atoms with van der Waals surface area (Å²) in [7, 11) is 0. The van der Waals surface area contributed by atoms with E-state index >= 15 is 0 Å². The Morgan fingerprint density at radius 3 is 1.93 bits per heavy atom. The number of halogens is 5. The number of carbonyl (C=O) groups excluding carboxylic acids is 1. The van der Waals surface area contributed by atoms with Gasteiger partial charge in [-0.05, 0) is 0 Å². The maximum absolute atomic E-state index is 12.7. The van der Waals surface area contributed by atoms with Crippen molar-refractivity contribution in [1.29, 1.82) is 0 Å². The number of rotatable bonds is 0. The highest BCUT2D eigenvalue weighted by molar-refractivity contribution is 5.82. The molecule has 0 atom stereocenters. The molecule has 88 valence electrons. The average molecular weight is 235 g/mol. The molecular weight excluding hydrogens is 229 g/mol. The first-order valence-corrected chi connectivity index (χ1v) is 3.66. The molecule has 1 aliphatic heterocycles. The molecule has 2 N–H and O–H groups in total. The van der Waals surface area contributed by atoms with Crippen LogP contribution >= 0.6 is 0 Å². The van der Waals surface area contributed by atoms with Crippen LogP contribution in [0, 0.1) is 0 Å². The lowest BCUT2D eigenvalue weighted by molar-refractivity contribution is -0.265. The summed E-state index contributed by atoms with van der Waals surface area (Å²) in [6.45, 7) is -3.14. The smallest absolute Gasteiger partial charge is 0.360 e. The first-order chi connectivity index (χ1) is 6.47. The second kappa shape index (κ2) is 3.01. The minimum atomic E-state index is -5.31. The van der Waals surface area contributed by atoms with Gasteiger partial charge in [0, 0.05) is 0 Å². The minimum Gasteiger partial charge on any atom is -0.360 e. The lowest BCUT2D eigenvalue weighted by atomic mass is 10.2. The zero-order valence-electron chi connectivity index (χ0n) is 7.05. The molecule has 1 amide bonds. The average Bonchev–Trinajstić information content (AvgIpc) is 2.18. The molecule has 0 radical (unpaired) electrons. The molecule has 1 heterocycles. The van der Waals surface area contributed by atoms with Crippen LogP contribution in [0.3, 0.4) is 0 Å². The van der Waals surface area contributed by atoms with Gasteiger partial charge < -0.3 is 15.1 Å². The van der Waals surface area contributed by atoms with Crippen molar-refractivity contribution in [2.75, 3.05) is 13.1 Å². The predicted octanol–water partition coefficient (Wildman–Crippen LogP) is -0.293. The summed E-state index contributed by atoms with van der Waals surface area (Å²) in [5, 5.41) is 17.3. The van der Waals surface area contributed by atoms with Gasteiger partial charge in [-0.15, -0.1) is 0 Å². The lowest BCUT2D eigenvalue weighted by Gasteiger charge is -2.20. The Morgan fingerprint density at radius 2 is 1.67 bits per heavy atom. The Kier molecular flexibility index (Phi) is 2.43. The standard InChI is InChI=1S/C6H6F5NO3/c7-4(8)1-12(2-5(4,14)15)3(13)6(9,10)11/h14-15H,1-2H2. The van der Waals surface area contributed by atoms with E-state index in [4.69, 9.17) is 10.2 Å². The van der Waals surface area contributed by atoms with Gasteiger partial charge in [0.15, 0.2) is 0 Å². The van der Waals surface area contributed by atoms with Crippen LogP contribution in [-0.2, 0) is 4.79 Å². The number of likely N-dealkylation sites (tertiary alicyclic amines) is 1. The summed E-state index contributed by atoms with van der Waals surface area (Å²) >= 11 is 0. The van der Waals surface area contributed by atoms with E-state index in [9.17, 15) is 26.7 Å². The third kappa shape index (κ3) is 2.02.